The van der Waals surface area contributed by atoms with Gasteiger partial charge in [-0.25, -0.2) is 14.7 Å². The maximum Gasteiger partial charge on any atom is 0.327 e. The third-order valence-corrected chi connectivity index (χ3v) is 9.87. The zero-order valence-corrected chi connectivity index (χ0v) is 26.5. The molecule has 2 aliphatic rings. The highest BCUT2D eigenvalue weighted by Gasteiger charge is 2.57. The summed E-state index contributed by atoms with van der Waals surface area (Å²) in [4.78, 5) is 48.2. The molecule has 1 saturated heterocycles. The van der Waals surface area contributed by atoms with Crippen molar-refractivity contribution < 1.29 is 33.0 Å². The first kappa shape index (κ1) is 29.1. The van der Waals surface area contributed by atoms with Gasteiger partial charge in [-0.3, -0.25) is 9.59 Å². The molecule has 218 valence electrons. The average molecular weight is 646 g/mol. The molecule has 0 radical (unpaired) electrons. The van der Waals surface area contributed by atoms with Gasteiger partial charge in [0.15, 0.2) is 22.6 Å². The van der Waals surface area contributed by atoms with E-state index in [1.54, 1.807) is 24.3 Å². The fraction of sp³-hybridized carbons (Fsp3) is 0.429. The Balaban J connectivity index is 1.51. The fourth-order valence-electron chi connectivity index (χ4n) is 5.06. The molecule has 5 rings (SSSR count). The Hall–Kier alpha value is -3.42. The molecule has 11 nitrogen and oxygen atoms in total. The number of amides is 4. The summed E-state index contributed by atoms with van der Waals surface area (Å²) < 4.78 is 23.6. The molecule has 3 aromatic rings. The molecule has 1 fully saturated rings. The van der Waals surface area contributed by atoms with Crippen molar-refractivity contribution in [2.45, 2.75) is 44.7 Å². The molecule has 1 N–H and O–H groups in total. The number of pyridine rings is 1. The summed E-state index contributed by atoms with van der Waals surface area (Å²) in [5, 5.41) is 2.84. The zero-order valence-electron chi connectivity index (χ0n) is 23.9. The van der Waals surface area contributed by atoms with Crippen LogP contribution in [-0.4, -0.2) is 74.8 Å². The predicted octanol–water partition coefficient (Wildman–Crippen LogP) is 4.63. The predicted molar refractivity (Wildman–Crippen MR) is 157 cm³/mol. The molecule has 4 heterocycles. The lowest BCUT2D eigenvalue weighted by Gasteiger charge is -2.29. The number of rotatable bonds is 10. The van der Waals surface area contributed by atoms with Crippen molar-refractivity contribution in [1.29, 1.82) is 0 Å². The SMILES string of the molecule is COc1ccc2c(c1OC)C(=O)N(C[C@@]1(c3cc4nc(C)c(Br)cc4o3)NC(=O)N(COCC[Si](C)(C)C)C1=O)C2. The molecule has 1 aromatic carbocycles. The van der Waals surface area contributed by atoms with E-state index in [0.717, 1.165) is 26.7 Å². The average Bonchev–Trinajstić information content (AvgIpc) is 3.54. The van der Waals surface area contributed by atoms with Crippen LogP contribution in [0.25, 0.3) is 11.1 Å². The Kier molecular flexibility index (Phi) is 7.64. The monoisotopic (exact) mass is 644 g/mol. The number of ether oxygens (including phenoxy) is 3. The summed E-state index contributed by atoms with van der Waals surface area (Å²) in [7, 11) is 1.60. The van der Waals surface area contributed by atoms with Gasteiger partial charge in [-0.1, -0.05) is 25.7 Å². The molecule has 0 unspecified atom stereocenters. The number of carbonyl (C=O) groups excluding carboxylic acids is 3. The summed E-state index contributed by atoms with van der Waals surface area (Å²) in [6.07, 6.45) is 0. The number of nitrogens with one attached hydrogen (secondary N) is 1. The van der Waals surface area contributed by atoms with Crippen molar-refractivity contribution >= 4 is 52.9 Å². The number of hydrogen-bond donors (Lipinski definition) is 1. The van der Waals surface area contributed by atoms with Crippen LogP contribution >= 0.6 is 15.9 Å². The van der Waals surface area contributed by atoms with Gasteiger partial charge in [-0.15, -0.1) is 0 Å². The zero-order chi connectivity index (χ0) is 29.7. The van der Waals surface area contributed by atoms with Gasteiger partial charge in [0, 0.05) is 31.8 Å². The maximum atomic E-state index is 14.1. The van der Waals surface area contributed by atoms with Crippen LogP contribution in [0.4, 0.5) is 4.79 Å². The Bertz CT molecular complexity index is 1510. The number of halogens is 1. The normalized spacial score (nSPS) is 18.9. The minimum atomic E-state index is -1.70. The largest absolute Gasteiger partial charge is 0.493 e. The number of imide groups is 1. The smallest absolute Gasteiger partial charge is 0.327 e. The van der Waals surface area contributed by atoms with Crippen LogP contribution in [0.2, 0.25) is 25.7 Å². The van der Waals surface area contributed by atoms with Crippen LogP contribution in [-0.2, 0) is 21.6 Å². The molecule has 1 atom stereocenters. The number of carbonyl (C=O) groups is 3. The van der Waals surface area contributed by atoms with Gasteiger partial charge in [-0.05, 0) is 46.6 Å². The number of fused-ring (bicyclic) bond motifs is 2. The third-order valence-electron chi connectivity index (χ3n) is 7.37. The van der Waals surface area contributed by atoms with Gasteiger partial charge in [0.1, 0.15) is 18.0 Å². The summed E-state index contributed by atoms with van der Waals surface area (Å²) >= 11 is 3.47. The van der Waals surface area contributed by atoms with Crippen LogP contribution in [0, 0.1) is 6.92 Å². The van der Waals surface area contributed by atoms with Crippen LogP contribution in [0.15, 0.2) is 33.2 Å². The molecule has 2 aromatic heterocycles. The number of aryl methyl sites for hydroxylation is 1. The summed E-state index contributed by atoms with van der Waals surface area (Å²) in [5.74, 6) is -0.00591. The Morgan fingerprint density at radius 3 is 2.59 bits per heavy atom. The standard InChI is InChI=1S/C28H33BrN4O7Si/c1-16-18(29)11-21-19(30-16)12-22(40-21)28(26(35)33(27(36)31-28)15-39-9-10-41(4,5)6)14-32-13-17-7-8-20(37-2)24(38-3)23(17)25(32)34/h7-8,11-12H,9-10,13-15H2,1-6H3,(H,31,36)/t28-/m0/s1. The lowest BCUT2D eigenvalue weighted by molar-refractivity contribution is -0.136. The van der Waals surface area contributed by atoms with Crippen LogP contribution in [0.5, 0.6) is 11.5 Å². The molecular formula is C28H33BrN4O7Si. The highest BCUT2D eigenvalue weighted by atomic mass is 79.9. The van der Waals surface area contributed by atoms with Gasteiger partial charge in [-0.2, -0.15) is 0 Å². The van der Waals surface area contributed by atoms with E-state index in [2.05, 4.69) is 45.9 Å². The maximum absolute atomic E-state index is 14.1. The Labute approximate surface area is 247 Å². The summed E-state index contributed by atoms with van der Waals surface area (Å²) in [5.41, 5.74) is 1.08. The molecule has 0 bridgehead atoms. The van der Waals surface area contributed by atoms with Gasteiger partial charge >= 0.3 is 6.03 Å². The number of aromatic nitrogens is 1. The van der Waals surface area contributed by atoms with E-state index in [1.165, 1.54) is 19.1 Å². The van der Waals surface area contributed by atoms with Crippen molar-refractivity contribution in [3.63, 3.8) is 0 Å². The van der Waals surface area contributed by atoms with Gasteiger partial charge in [0.05, 0.1) is 32.0 Å². The number of nitrogens with zero attached hydrogens (tertiary/aromatic N) is 3. The number of benzene rings is 1. The first-order valence-electron chi connectivity index (χ1n) is 13.2. The second kappa shape index (κ2) is 10.8. The van der Waals surface area contributed by atoms with Gasteiger partial charge in [0.2, 0.25) is 0 Å². The first-order valence-corrected chi connectivity index (χ1v) is 17.7. The van der Waals surface area contributed by atoms with Crippen molar-refractivity contribution in [2.75, 3.05) is 34.1 Å². The quantitative estimate of drug-likeness (QED) is 0.192. The minimum absolute atomic E-state index is 0.175. The number of urea groups is 1. The highest BCUT2D eigenvalue weighted by molar-refractivity contribution is 9.10. The van der Waals surface area contributed by atoms with Crippen molar-refractivity contribution in [3.05, 3.63) is 51.3 Å². The first-order chi connectivity index (χ1) is 19.4. The molecule has 0 aliphatic carbocycles. The van der Waals surface area contributed by atoms with E-state index in [4.69, 9.17) is 18.6 Å². The van der Waals surface area contributed by atoms with E-state index < -0.39 is 25.6 Å². The van der Waals surface area contributed by atoms with E-state index in [0.29, 0.717) is 34.8 Å². The molecular weight excluding hydrogens is 612 g/mol. The van der Waals surface area contributed by atoms with Crippen LogP contribution < -0.4 is 14.8 Å². The number of furan rings is 1. The second-order valence-corrected chi connectivity index (χ2v) is 17.9. The Morgan fingerprint density at radius 1 is 1.15 bits per heavy atom. The summed E-state index contributed by atoms with van der Waals surface area (Å²) in [6, 6.07) is 7.19. The number of methoxy groups -OCH3 is 2. The molecule has 4 amide bonds. The highest BCUT2D eigenvalue weighted by Crippen LogP contribution is 2.41. The van der Waals surface area contributed by atoms with Crippen molar-refractivity contribution in [2.24, 2.45) is 0 Å². The van der Waals surface area contributed by atoms with Crippen LogP contribution in [0.1, 0.15) is 27.4 Å². The van der Waals surface area contributed by atoms with Crippen molar-refractivity contribution in [3.8, 4) is 11.5 Å². The lowest BCUT2D eigenvalue weighted by atomic mass is 9.95. The van der Waals surface area contributed by atoms with E-state index >= 15 is 0 Å². The van der Waals surface area contributed by atoms with Gasteiger partial charge in [0.25, 0.3) is 11.8 Å². The molecule has 0 saturated carbocycles. The Morgan fingerprint density at radius 2 is 1.90 bits per heavy atom. The third kappa shape index (κ3) is 5.21. The lowest BCUT2D eigenvalue weighted by Crippen LogP contribution is -2.52. The molecule has 0 spiro atoms. The fourth-order valence-corrected chi connectivity index (χ4v) is 6.12. The van der Waals surface area contributed by atoms with E-state index in [-0.39, 0.29) is 31.5 Å². The molecule has 2 aliphatic heterocycles. The molecule has 41 heavy (non-hydrogen) atoms. The summed E-state index contributed by atoms with van der Waals surface area (Å²) in [6.45, 7) is 8.76. The van der Waals surface area contributed by atoms with Crippen molar-refractivity contribution in [1.82, 2.24) is 20.1 Å². The topological polar surface area (TPSA) is 123 Å². The van der Waals surface area contributed by atoms with E-state index in [9.17, 15) is 14.4 Å². The van der Waals surface area contributed by atoms with Crippen LogP contribution in [0.3, 0.4) is 0 Å². The van der Waals surface area contributed by atoms with Gasteiger partial charge < -0.3 is 28.8 Å². The molecule has 13 heteroatoms. The van der Waals surface area contributed by atoms with E-state index in [1.807, 2.05) is 6.92 Å². The minimum Gasteiger partial charge on any atom is -0.493 e. The number of hydrogen-bond acceptors (Lipinski definition) is 8. The second-order valence-electron chi connectivity index (χ2n) is 11.5.